The smallest absolute Gasteiger partial charge is 0.0417 e. The first kappa shape index (κ1) is 12.4. The number of aromatic nitrogens is 1. The van der Waals surface area contributed by atoms with E-state index in [-0.39, 0.29) is 12.4 Å². The van der Waals surface area contributed by atoms with Crippen LogP contribution in [0.4, 0.5) is 0 Å². The summed E-state index contributed by atoms with van der Waals surface area (Å²) in [5.74, 6) is 0. The van der Waals surface area contributed by atoms with Crippen molar-refractivity contribution in [2.45, 2.75) is 26.8 Å². The quantitative estimate of drug-likeness (QED) is 0.755. The van der Waals surface area contributed by atoms with Gasteiger partial charge in [-0.15, -0.1) is 12.4 Å². The second-order valence-electron chi connectivity index (χ2n) is 2.92. The van der Waals surface area contributed by atoms with Crippen molar-refractivity contribution in [2.75, 3.05) is 6.54 Å². The van der Waals surface area contributed by atoms with E-state index < -0.39 is 0 Å². The zero-order chi connectivity index (χ0) is 8.81. The second kappa shape index (κ2) is 6.87. The molecule has 0 saturated heterocycles. The summed E-state index contributed by atoms with van der Waals surface area (Å²) in [5.41, 5.74) is 2.42. The van der Waals surface area contributed by atoms with Crippen LogP contribution >= 0.6 is 12.4 Å². The molecule has 0 amide bonds. The summed E-state index contributed by atoms with van der Waals surface area (Å²) in [4.78, 5) is 4.22. The molecule has 0 aliphatic heterocycles. The highest BCUT2D eigenvalue weighted by Gasteiger charge is 1.95. The van der Waals surface area contributed by atoms with Crippen LogP contribution in [0.1, 0.15) is 24.6 Å². The first-order chi connectivity index (χ1) is 5.84. The van der Waals surface area contributed by atoms with Gasteiger partial charge >= 0.3 is 0 Å². The molecular formula is C10H17ClN2. The molecule has 0 unspecified atom stereocenters. The van der Waals surface area contributed by atoms with Crippen LogP contribution in [-0.2, 0) is 6.54 Å². The van der Waals surface area contributed by atoms with Gasteiger partial charge in [-0.1, -0.05) is 13.0 Å². The number of nitrogens with zero attached hydrogens (tertiary/aromatic N) is 1. The first-order valence-corrected chi connectivity index (χ1v) is 4.45. The molecule has 0 aromatic carbocycles. The van der Waals surface area contributed by atoms with Crippen LogP contribution in [0.5, 0.6) is 0 Å². The maximum Gasteiger partial charge on any atom is 0.0417 e. The normalized spacial score (nSPS) is 9.38. The highest BCUT2D eigenvalue weighted by molar-refractivity contribution is 5.85. The number of hydrogen-bond acceptors (Lipinski definition) is 2. The Hall–Kier alpha value is -0.600. The maximum atomic E-state index is 4.22. The molecule has 1 N–H and O–H groups in total. The average Bonchev–Trinajstić information content (AvgIpc) is 2.09. The largest absolute Gasteiger partial charge is 0.313 e. The van der Waals surface area contributed by atoms with Crippen LogP contribution in [0.15, 0.2) is 18.3 Å². The zero-order valence-corrected chi connectivity index (χ0v) is 9.03. The summed E-state index contributed by atoms with van der Waals surface area (Å²) < 4.78 is 0. The third-order valence-corrected chi connectivity index (χ3v) is 1.86. The van der Waals surface area contributed by atoms with Crippen LogP contribution in [0.3, 0.4) is 0 Å². The Kier molecular flexibility index (Phi) is 6.55. The Labute approximate surface area is 86.2 Å². The summed E-state index contributed by atoms with van der Waals surface area (Å²) >= 11 is 0. The van der Waals surface area contributed by atoms with Crippen molar-refractivity contribution in [3.05, 3.63) is 29.6 Å². The van der Waals surface area contributed by atoms with Gasteiger partial charge in [-0.25, -0.2) is 0 Å². The van der Waals surface area contributed by atoms with Crippen molar-refractivity contribution in [1.82, 2.24) is 10.3 Å². The number of pyridine rings is 1. The number of aryl methyl sites for hydroxylation is 1. The lowest BCUT2D eigenvalue weighted by Gasteiger charge is -2.04. The minimum absolute atomic E-state index is 0. The van der Waals surface area contributed by atoms with Gasteiger partial charge in [0.2, 0.25) is 0 Å². The Morgan fingerprint density at radius 1 is 1.46 bits per heavy atom. The van der Waals surface area contributed by atoms with Crippen molar-refractivity contribution in [2.24, 2.45) is 0 Å². The molecule has 2 nitrogen and oxygen atoms in total. The van der Waals surface area contributed by atoms with Gasteiger partial charge in [-0.2, -0.15) is 0 Å². The van der Waals surface area contributed by atoms with Gasteiger partial charge < -0.3 is 5.32 Å². The van der Waals surface area contributed by atoms with Gasteiger partial charge in [0.25, 0.3) is 0 Å². The molecule has 13 heavy (non-hydrogen) atoms. The van der Waals surface area contributed by atoms with E-state index in [2.05, 4.69) is 23.3 Å². The Balaban J connectivity index is 0.00000144. The fourth-order valence-corrected chi connectivity index (χ4v) is 1.10. The summed E-state index contributed by atoms with van der Waals surface area (Å²) in [5, 5.41) is 3.35. The third-order valence-electron chi connectivity index (χ3n) is 1.86. The van der Waals surface area contributed by atoms with Crippen molar-refractivity contribution >= 4 is 12.4 Å². The maximum absolute atomic E-state index is 4.22. The molecule has 0 atom stereocenters. The minimum Gasteiger partial charge on any atom is -0.313 e. The standard InChI is InChI=1S/C10H16N2.ClH/c1-3-6-11-8-10-5-4-7-12-9(10)2;/h4-5,7,11H,3,6,8H2,1-2H3;1H. The molecule has 0 aliphatic rings. The predicted octanol–water partition coefficient (Wildman–Crippen LogP) is 2.31. The fourth-order valence-electron chi connectivity index (χ4n) is 1.10. The van der Waals surface area contributed by atoms with Crippen LogP contribution < -0.4 is 5.32 Å². The van der Waals surface area contributed by atoms with Crippen LogP contribution in [0, 0.1) is 6.92 Å². The topological polar surface area (TPSA) is 24.9 Å². The lowest BCUT2D eigenvalue weighted by atomic mass is 10.2. The van der Waals surface area contributed by atoms with Crippen LogP contribution in [0.2, 0.25) is 0 Å². The predicted molar refractivity (Wildman–Crippen MR) is 58.2 cm³/mol. The average molecular weight is 201 g/mol. The molecule has 0 spiro atoms. The van der Waals surface area contributed by atoms with Gasteiger partial charge in [0.05, 0.1) is 0 Å². The molecule has 0 bridgehead atoms. The summed E-state index contributed by atoms with van der Waals surface area (Å²) in [6.07, 6.45) is 3.01. The van der Waals surface area contributed by atoms with E-state index in [4.69, 9.17) is 0 Å². The van der Waals surface area contributed by atoms with Gasteiger partial charge in [-0.3, -0.25) is 4.98 Å². The summed E-state index contributed by atoms with van der Waals surface area (Å²) in [6, 6.07) is 4.10. The van der Waals surface area contributed by atoms with E-state index in [0.29, 0.717) is 0 Å². The van der Waals surface area contributed by atoms with Crippen molar-refractivity contribution in [1.29, 1.82) is 0 Å². The molecule has 0 fully saturated rings. The van der Waals surface area contributed by atoms with Crippen LogP contribution in [0.25, 0.3) is 0 Å². The number of halogens is 1. The van der Waals surface area contributed by atoms with Gasteiger partial charge in [0.15, 0.2) is 0 Å². The summed E-state index contributed by atoms with van der Waals surface area (Å²) in [6.45, 7) is 6.23. The number of nitrogens with one attached hydrogen (secondary N) is 1. The van der Waals surface area contributed by atoms with E-state index in [0.717, 1.165) is 18.8 Å². The van der Waals surface area contributed by atoms with Gasteiger partial charge in [0.1, 0.15) is 0 Å². The molecular weight excluding hydrogens is 184 g/mol. The van der Waals surface area contributed by atoms with Crippen molar-refractivity contribution < 1.29 is 0 Å². The molecule has 0 aliphatic carbocycles. The van der Waals surface area contributed by atoms with E-state index in [9.17, 15) is 0 Å². The Morgan fingerprint density at radius 2 is 2.23 bits per heavy atom. The lowest BCUT2D eigenvalue weighted by molar-refractivity contribution is 0.671. The molecule has 1 heterocycles. The van der Waals surface area contributed by atoms with Gasteiger partial charge in [0, 0.05) is 18.4 Å². The minimum atomic E-state index is 0. The Morgan fingerprint density at radius 3 is 2.85 bits per heavy atom. The van der Waals surface area contributed by atoms with Crippen LogP contribution in [-0.4, -0.2) is 11.5 Å². The molecule has 0 radical (unpaired) electrons. The SMILES string of the molecule is CCCNCc1cccnc1C.Cl. The fraction of sp³-hybridized carbons (Fsp3) is 0.500. The molecule has 3 heteroatoms. The van der Waals surface area contributed by atoms with E-state index >= 15 is 0 Å². The molecule has 74 valence electrons. The summed E-state index contributed by atoms with van der Waals surface area (Å²) in [7, 11) is 0. The molecule has 1 aromatic rings. The highest BCUT2D eigenvalue weighted by atomic mass is 35.5. The van der Waals surface area contributed by atoms with Crippen molar-refractivity contribution in [3.63, 3.8) is 0 Å². The zero-order valence-electron chi connectivity index (χ0n) is 8.21. The van der Waals surface area contributed by atoms with E-state index in [1.165, 1.54) is 12.0 Å². The van der Waals surface area contributed by atoms with E-state index in [1.807, 2.05) is 19.2 Å². The Bertz CT molecular complexity index is 238. The number of hydrogen-bond donors (Lipinski definition) is 1. The van der Waals surface area contributed by atoms with Gasteiger partial charge in [-0.05, 0) is 31.5 Å². The monoisotopic (exact) mass is 200 g/mol. The second-order valence-corrected chi connectivity index (χ2v) is 2.92. The molecule has 0 saturated carbocycles. The third kappa shape index (κ3) is 4.25. The van der Waals surface area contributed by atoms with E-state index in [1.54, 1.807) is 0 Å². The lowest BCUT2D eigenvalue weighted by Crippen LogP contribution is -2.14. The first-order valence-electron chi connectivity index (χ1n) is 4.45. The van der Waals surface area contributed by atoms with Crippen molar-refractivity contribution in [3.8, 4) is 0 Å². The molecule has 1 rings (SSSR count). The highest BCUT2D eigenvalue weighted by Crippen LogP contribution is 2.02. The number of rotatable bonds is 4. The molecule has 1 aromatic heterocycles.